The Morgan fingerprint density at radius 2 is 1.62 bits per heavy atom. The van der Waals surface area contributed by atoms with Gasteiger partial charge in [0.15, 0.2) is 11.2 Å². The van der Waals surface area contributed by atoms with Crippen molar-refractivity contribution in [2.75, 3.05) is 50.1 Å². The predicted octanol–water partition coefficient (Wildman–Crippen LogP) is 1.56. The molecule has 11 heteroatoms. The predicted molar refractivity (Wildman–Crippen MR) is 151 cm³/mol. The molecule has 4 aromatic rings. The van der Waals surface area contributed by atoms with Gasteiger partial charge in [-0.15, -0.1) is 0 Å². The Morgan fingerprint density at radius 3 is 2.26 bits per heavy atom. The van der Waals surface area contributed by atoms with Crippen LogP contribution in [0.1, 0.15) is 11.1 Å². The minimum atomic E-state index is -0.410. The van der Waals surface area contributed by atoms with Gasteiger partial charge in [0, 0.05) is 46.0 Å². The maximum absolute atomic E-state index is 13.2. The van der Waals surface area contributed by atoms with Crippen molar-refractivity contribution >= 4 is 28.7 Å². The quantitative estimate of drug-likeness (QED) is 0.386. The Hall–Kier alpha value is -4.38. The van der Waals surface area contributed by atoms with E-state index in [0.29, 0.717) is 49.8 Å². The lowest BCUT2D eigenvalue weighted by Gasteiger charge is -2.35. The zero-order chi connectivity index (χ0) is 27.7. The largest absolute Gasteiger partial charge is 0.497 e. The first-order chi connectivity index (χ1) is 18.7. The van der Waals surface area contributed by atoms with Crippen LogP contribution in [-0.2, 0) is 25.4 Å². The van der Waals surface area contributed by atoms with Gasteiger partial charge in [0.1, 0.15) is 5.75 Å². The number of ether oxygens (including phenoxy) is 1. The molecule has 2 aromatic carbocycles. The second kappa shape index (κ2) is 10.8. The van der Waals surface area contributed by atoms with Gasteiger partial charge >= 0.3 is 5.69 Å². The molecular formula is C28H33N7O4. The summed E-state index contributed by atoms with van der Waals surface area (Å²) in [6, 6.07) is 15.4. The van der Waals surface area contributed by atoms with E-state index >= 15 is 0 Å². The summed E-state index contributed by atoms with van der Waals surface area (Å²) in [5.74, 6) is 1.29. The fourth-order valence-electron chi connectivity index (χ4n) is 4.89. The van der Waals surface area contributed by atoms with Gasteiger partial charge in [-0.25, -0.2) is 4.79 Å². The van der Waals surface area contributed by atoms with Crippen LogP contribution in [0.2, 0.25) is 0 Å². The number of anilines is 2. The first-order valence-electron chi connectivity index (χ1n) is 12.9. The SMILES string of the molecule is COc1ccc(NC(=O)CN2CCN(c3nc4c(c(=O)n(C)c(=O)n4C)n3Cc3ccc(C)cc3)CC2)cc1. The number of rotatable bonds is 7. The number of carbonyl (C=O) groups is 1. The van der Waals surface area contributed by atoms with E-state index in [2.05, 4.69) is 15.1 Å². The molecule has 39 heavy (non-hydrogen) atoms. The monoisotopic (exact) mass is 531 g/mol. The molecule has 0 radical (unpaired) electrons. The van der Waals surface area contributed by atoms with Crippen LogP contribution >= 0.6 is 0 Å². The van der Waals surface area contributed by atoms with Crippen LogP contribution in [0.4, 0.5) is 11.6 Å². The number of nitrogens with one attached hydrogen (secondary N) is 1. The highest BCUT2D eigenvalue weighted by Crippen LogP contribution is 2.23. The van der Waals surface area contributed by atoms with Gasteiger partial charge in [0.2, 0.25) is 11.9 Å². The highest BCUT2D eigenvalue weighted by atomic mass is 16.5. The van der Waals surface area contributed by atoms with Crippen LogP contribution in [0.25, 0.3) is 11.2 Å². The first-order valence-corrected chi connectivity index (χ1v) is 12.9. The number of benzene rings is 2. The number of hydrogen-bond acceptors (Lipinski definition) is 7. The summed E-state index contributed by atoms with van der Waals surface area (Å²) < 4.78 is 9.62. The standard InChI is InChI=1S/C28H33N7O4/c1-19-5-7-20(8-6-19)17-35-24-25(31(2)28(38)32(3)26(24)37)30-27(35)34-15-13-33(14-16-34)18-23(36)29-21-9-11-22(39-4)12-10-21/h5-12H,13-18H2,1-4H3,(H,29,36). The molecule has 2 aromatic heterocycles. The second-order valence-electron chi connectivity index (χ2n) is 9.90. The van der Waals surface area contributed by atoms with Gasteiger partial charge in [-0.05, 0) is 36.8 Å². The van der Waals surface area contributed by atoms with Crippen LogP contribution < -0.4 is 26.2 Å². The summed E-state index contributed by atoms with van der Waals surface area (Å²) in [6.07, 6.45) is 0. The Labute approximate surface area is 225 Å². The molecule has 0 saturated carbocycles. The number of fused-ring (bicyclic) bond motifs is 1. The summed E-state index contributed by atoms with van der Waals surface area (Å²) in [5, 5.41) is 2.93. The van der Waals surface area contributed by atoms with Gasteiger partial charge in [-0.1, -0.05) is 29.8 Å². The molecular weight excluding hydrogens is 498 g/mol. The van der Waals surface area contributed by atoms with Crippen molar-refractivity contribution < 1.29 is 9.53 Å². The third-order valence-corrected chi connectivity index (χ3v) is 7.19. The van der Waals surface area contributed by atoms with Crippen molar-refractivity contribution in [3.8, 4) is 5.75 Å². The molecule has 1 aliphatic rings. The van der Waals surface area contributed by atoms with Crippen molar-refractivity contribution in [2.45, 2.75) is 13.5 Å². The molecule has 1 fully saturated rings. The molecule has 5 rings (SSSR count). The summed E-state index contributed by atoms with van der Waals surface area (Å²) >= 11 is 0. The number of aryl methyl sites for hydroxylation is 2. The molecule has 0 spiro atoms. The van der Waals surface area contributed by atoms with Gasteiger partial charge in [-0.2, -0.15) is 4.98 Å². The molecule has 0 atom stereocenters. The number of imidazole rings is 1. The Morgan fingerprint density at radius 1 is 0.949 bits per heavy atom. The summed E-state index contributed by atoms with van der Waals surface area (Å²) in [6.45, 7) is 5.31. The summed E-state index contributed by atoms with van der Waals surface area (Å²) in [4.78, 5) is 47.5. The minimum Gasteiger partial charge on any atom is -0.497 e. The summed E-state index contributed by atoms with van der Waals surface area (Å²) in [7, 11) is 4.73. The lowest BCUT2D eigenvalue weighted by atomic mass is 10.1. The van der Waals surface area contributed by atoms with Gasteiger partial charge < -0.3 is 15.0 Å². The van der Waals surface area contributed by atoms with Crippen LogP contribution in [0, 0.1) is 6.92 Å². The maximum Gasteiger partial charge on any atom is 0.332 e. The van der Waals surface area contributed by atoms with Crippen LogP contribution in [0.15, 0.2) is 58.1 Å². The lowest BCUT2D eigenvalue weighted by molar-refractivity contribution is -0.117. The van der Waals surface area contributed by atoms with E-state index in [-0.39, 0.29) is 18.0 Å². The van der Waals surface area contributed by atoms with E-state index < -0.39 is 5.69 Å². The number of methoxy groups -OCH3 is 1. The van der Waals surface area contributed by atoms with Crippen LogP contribution in [-0.4, -0.2) is 69.3 Å². The van der Waals surface area contributed by atoms with Crippen molar-refractivity contribution in [3.05, 3.63) is 80.5 Å². The number of carbonyl (C=O) groups excluding carboxylic acids is 1. The Balaban J connectivity index is 1.36. The molecule has 0 aliphatic carbocycles. The number of hydrogen-bond donors (Lipinski definition) is 1. The topological polar surface area (TPSA) is 107 Å². The molecule has 1 amide bonds. The molecule has 0 unspecified atom stereocenters. The lowest BCUT2D eigenvalue weighted by Crippen LogP contribution is -2.49. The molecule has 1 aliphatic heterocycles. The normalized spacial score (nSPS) is 14.1. The highest BCUT2D eigenvalue weighted by Gasteiger charge is 2.26. The van der Waals surface area contributed by atoms with Crippen molar-refractivity contribution in [3.63, 3.8) is 0 Å². The van der Waals surface area contributed by atoms with Gasteiger partial charge in [0.05, 0.1) is 20.2 Å². The zero-order valence-electron chi connectivity index (χ0n) is 22.7. The molecule has 0 bridgehead atoms. The highest BCUT2D eigenvalue weighted by molar-refractivity contribution is 5.92. The van der Waals surface area contributed by atoms with E-state index in [1.807, 2.05) is 47.9 Å². The molecule has 1 saturated heterocycles. The minimum absolute atomic E-state index is 0.0845. The third kappa shape index (κ3) is 5.30. The first kappa shape index (κ1) is 26.2. The molecule has 1 N–H and O–H groups in total. The fraction of sp³-hybridized carbons (Fsp3) is 0.357. The smallest absolute Gasteiger partial charge is 0.332 e. The molecule has 204 valence electrons. The van der Waals surface area contributed by atoms with Gasteiger partial charge in [0.25, 0.3) is 5.56 Å². The van der Waals surface area contributed by atoms with E-state index in [1.54, 1.807) is 26.3 Å². The number of amides is 1. The number of nitrogens with zero attached hydrogens (tertiary/aromatic N) is 6. The average Bonchev–Trinajstić information content (AvgIpc) is 3.32. The van der Waals surface area contributed by atoms with Crippen molar-refractivity contribution in [1.82, 2.24) is 23.6 Å². The second-order valence-corrected chi connectivity index (χ2v) is 9.90. The van der Waals surface area contributed by atoms with E-state index in [9.17, 15) is 14.4 Å². The van der Waals surface area contributed by atoms with Crippen LogP contribution in [0.5, 0.6) is 5.75 Å². The van der Waals surface area contributed by atoms with Crippen molar-refractivity contribution in [1.29, 1.82) is 0 Å². The number of piperazine rings is 1. The maximum atomic E-state index is 13.2. The number of aromatic nitrogens is 4. The Kier molecular flexibility index (Phi) is 7.25. The van der Waals surface area contributed by atoms with Gasteiger partial charge in [-0.3, -0.25) is 28.2 Å². The third-order valence-electron chi connectivity index (χ3n) is 7.19. The Bertz CT molecular complexity index is 1610. The zero-order valence-corrected chi connectivity index (χ0v) is 22.7. The van der Waals surface area contributed by atoms with E-state index in [0.717, 1.165) is 27.1 Å². The van der Waals surface area contributed by atoms with Crippen molar-refractivity contribution in [2.24, 2.45) is 14.1 Å². The molecule has 11 nitrogen and oxygen atoms in total. The summed E-state index contributed by atoms with van der Waals surface area (Å²) in [5.41, 5.74) is 2.89. The average molecular weight is 532 g/mol. The molecule has 3 heterocycles. The van der Waals surface area contributed by atoms with Crippen LogP contribution in [0.3, 0.4) is 0 Å². The van der Waals surface area contributed by atoms with E-state index in [1.165, 1.54) is 11.6 Å². The van der Waals surface area contributed by atoms with E-state index in [4.69, 9.17) is 9.72 Å². The fourth-order valence-corrected chi connectivity index (χ4v) is 4.89.